The summed E-state index contributed by atoms with van der Waals surface area (Å²) in [5, 5.41) is 33.7. The molecule has 13 nitrogen and oxygen atoms in total. The summed E-state index contributed by atoms with van der Waals surface area (Å²) in [4.78, 5) is 60.9. The summed E-state index contributed by atoms with van der Waals surface area (Å²) in [6.07, 6.45) is -2.30. The second-order valence-electron chi connectivity index (χ2n) is 7.59. The van der Waals surface area contributed by atoms with Crippen LogP contribution < -0.4 is 22.1 Å². The van der Waals surface area contributed by atoms with Crippen molar-refractivity contribution in [3.8, 4) is 0 Å². The minimum atomic E-state index is -1.52. The van der Waals surface area contributed by atoms with Crippen molar-refractivity contribution in [1.82, 2.24) is 15.5 Å². The van der Waals surface area contributed by atoms with Gasteiger partial charge in [0.05, 0.1) is 18.2 Å². The summed E-state index contributed by atoms with van der Waals surface area (Å²) in [5.41, 5.74) is 10.7. The van der Waals surface area contributed by atoms with E-state index in [0.29, 0.717) is 6.42 Å². The number of nitrogens with zero attached hydrogens (tertiary/aromatic N) is 1. The van der Waals surface area contributed by atoms with E-state index >= 15 is 0 Å². The first-order valence-corrected chi connectivity index (χ1v) is 9.90. The number of carbonyl (C=O) groups is 5. The average Bonchev–Trinajstić information content (AvgIpc) is 3.17. The van der Waals surface area contributed by atoms with Crippen LogP contribution >= 0.6 is 0 Å². The SMILES string of the molecule is CC(O)C(NC(=O)C(N)CCC(N)=O)C(=O)NC(C(=O)N1CCCC1C(=O)O)C(C)O. The quantitative estimate of drug-likeness (QED) is 0.166. The molecule has 0 spiro atoms. The number of rotatable bonds is 11. The summed E-state index contributed by atoms with van der Waals surface area (Å²) in [7, 11) is 0. The Morgan fingerprint density at radius 2 is 1.58 bits per heavy atom. The molecule has 1 rings (SSSR count). The topological polar surface area (TPSA) is 225 Å². The fourth-order valence-corrected chi connectivity index (χ4v) is 3.19. The van der Waals surface area contributed by atoms with Gasteiger partial charge in [-0.2, -0.15) is 0 Å². The number of aliphatic hydroxyl groups excluding tert-OH is 2. The van der Waals surface area contributed by atoms with Crippen LogP contribution in [0.5, 0.6) is 0 Å². The third-order valence-electron chi connectivity index (χ3n) is 4.97. The smallest absolute Gasteiger partial charge is 0.326 e. The number of amides is 4. The number of hydrogen-bond donors (Lipinski definition) is 7. The molecular formula is C18H31N5O8. The first-order chi connectivity index (χ1) is 14.4. The van der Waals surface area contributed by atoms with Gasteiger partial charge in [0.25, 0.3) is 0 Å². The molecule has 1 saturated heterocycles. The average molecular weight is 445 g/mol. The lowest BCUT2D eigenvalue weighted by molar-refractivity contribution is -0.151. The van der Waals surface area contributed by atoms with Crippen molar-refractivity contribution in [2.24, 2.45) is 11.5 Å². The van der Waals surface area contributed by atoms with Crippen LogP contribution in [0.3, 0.4) is 0 Å². The minimum absolute atomic E-state index is 0.0738. The number of aliphatic hydroxyl groups is 2. The highest BCUT2D eigenvalue weighted by Gasteiger charge is 2.40. The zero-order valence-electron chi connectivity index (χ0n) is 17.5. The van der Waals surface area contributed by atoms with Crippen LogP contribution in [0.25, 0.3) is 0 Å². The molecule has 0 aliphatic carbocycles. The van der Waals surface area contributed by atoms with Crippen LogP contribution in [0.1, 0.15) is 39.5 Å². The van der Waals surface area contributed by atoms with Crippen LogP contribution in [-0.2, 0) is 24.0 Å². The Kier molecular flexibility index (Phi) is 9.81. The molecule has 4 amide bonds. The summed E-state index contributed by atoms with van der Waals surface area (Å²) in [6.45, 7) is 2.62. The van der Waals surface area contributed by atoms with E-state index in [4.69, 9.17) is 11.5 Å². The number of likely N-dealkylation sites (tertiary alicyclic amines) is 1. The molecule has 0 aromatic carbocycles. The van der Waals surface area contributed by atoms with E-state index in [9.17, 15) is 39.3 Å². The minimum Gasteiger partial charge on any atom is -0.480 e. The van der Waals surface area contributed by atoms with Gasteiger partial charge in [0.2, 0.25) is 23.6 Å². The second kappa shape index (κ2) is 11.6. The van der Waals surface area contributed by atoms with E-state index in [-0.39, 0.29) is 25.8 Å². The van der Waals surface area contributed by atoms with E-state index in [0.717, 1.165) is 4.90 Å². The molecule has 0 saturated carbocycles. The Bertz CT molecular complexity index is 698. The maximum atomic E-state index is 12.8. The van der Waals surface area contributed by atoms with E-state index < -0.39 is 66.0 Å². The maximum absolute atomic E-state index is 12.8. The van der Waals surface area contributed by atoms with Crippen molar-refractivity contribution >= 4 is 29.6 Å². The molecule has 1 heterocycles. The van der Waals surface area contributed by atoms with E-state index in [1.807, 2.05) is 0 Å². The fourth-order valence-electron chi connectivity index (χ4n) is 3.19. The van der Waals surface area contributed by atoms with Gasteiger partial charge in [-0.25, -0.2) is 4.79 Å². The standard InChI is InChI=1S/C18H31N5O8/c1-8(24)13(21-15(27)10(19)5-6-12(20)26)16(28)22-14(9(2)25)17(29)23-7-3-4-11(23)18(30)31/h8-11,13-14,24-25H,3-7,19H2,1-2H3,(H2,20,26)(H,21,27)(H,22,28)(H,30,31). The summed E-state index contributed by atoms with van der Waals surface area (Å²) in [5.74, 6) is -4.45. The fraction of sp³-hybridized carbons (Fsp3) is 0.722. The number of nitrogens with two attached hydrogens (primary N) is 2. The van der Waals surface area contributed by atoms with Crippen LogP contribution in [0.2, 0.25) is 0 Å². The van der Waals surface area contributed by atoms with E-state index in [1.54, 1.807) is 0 Å². The molecule has 0 aromatic heterocycles. The molecule has 0 radical (unpaired) electrons. The molecule has 13 heteroatoms. The molecule has 1 aliphatic heterocycles. The number of aliphatic carboxylic acids is 1. The Hall–Kier alpha value is -2.77. The Labute approximate surface area is 179 Å². The molecule has 176 valence electrons. The van der Waals surface area contributed by atoms with Crippen LogP contribution in [-0.4, -0.2) is 92.7 Å². The van der Waals surface area contributed by atoms with Gasteiger partial charge in [-0.05, 0) is 33.1 Å². The second-order valence-corrected chi connectivity index (χ2v) is 7.59. The third kappa shape index (κ3) is 7.45. The highest BCUT2D eigenvalue weighted by molar-refractivity contribution is 5.95. The molecule has 1 fully saturated rings. The molecule has 6 unspecified atom stereocenters. The highest BCUT2D eigenvalue weighted by atomic mass is 16.4. The summed E-state index contributed by atoms with van der Waals surface area (Å²) < 4.78 is 0. The van der Waals surface area contributed by atoms with Gasteiger partial charge in [-0.1, -0.05) is 0 Å². The molecule has 6 atom stereocenters. The van der Waals surface area contributed by atoms with Crippen molar-refractivity contribution in [2.75, 3.05) is 6.54 Å². The Morgan fingerprint density at radius 1 is 1.03 bits per heavy atom. The van der Waals surface area contributed by atoms with Crippen molar-refractivity contribution in [3.63, 3.8) is 0 Å². The van der Waals surface area contributed by atoms with Crippen molar-refractivity contribution in [2.45, 2.75) is 75.9 Å². The molecule has 0 bridgehead atoms. The highest BCUT2D eigenvalue weighted by Crippen LogP contribution is 2.19. The molecule has 31 heavy (non-hydrogen) atoms. The first-order valence-electron chi connectivity index (χ1n) is 9.90. The van der Waals surface area contributed by atoms with Gasteiger partial charge in [-0.15, -0.1) is 0 Å². The zero-order valence-corrected chi connectivity index (χ0v) is 17.5. The van der Waals surface area contributed by atoms with Gasteiger partial charge in [-0.3, -0.25) is 19.2 Å². The van der Waals surface area contributed by atoms with Crippen molar-refractivity contribution in [1.29, 1.82) is 0 Å². The van der Waals surface area contributed by atoms with Gasteiger partial charge < -0.3 is 42.3 Å². The monoisotopic (exact) mass is 445 g/mol. The number of primary amides is 1. The molecule has 9 N–H and O–H groups in total. The van der Waals surface area contributed by atoms with Crippen LogP contribution in [0.4, 0.5) is 0 Å². The zero-order chi connectivity index (χ0) is 23.9. The van der Waals surface area contributed by atoms with Crippen molar-refractivity contribution in [3.05, 3.63) is 0 Å². The number of nitrogens with one attached hydrogen (secondary N) is 2. The van der Waals surface area contributed by atoms with Gasteiger partial charge in [0.15, 0.2) is 0 Å². The Morgan fingerprint density at radius 3 is 2.06 bits per heavy atom. The van der Waals surface area contributed by atoms with Crippen LogP contribution in [0.15, 0.2) is 0 Å². The van der Waals surface area contributed by atoms with E-state index in [1.165, 1.54) is 13.8 Å². The lowest BCUT2D eigenvalue weighted by Gasteiger charge is -2.30. The van der Waals surface area contributed by atoms with Gasteiger partial charge in [0, 0.05) is 13.0 Å². The molecular weight excluding hydrogens is 414 g/mol. The van der Waals surface area contributed by atoms with E-state index in [2.05, 4.69) is 10.6 Å². The largest absolute Gasteiger partial charge is 0.480 e. The number of carbonyl (C=O) groups excluding carboxylic acids is 4. The van der Waals surface area contributed by atoms with Crippen molar-refractivity contribution < 1.29 is 39.3 Å². The lowest BCUT2D eigenvalue weighted by Crippen LogP contribution is -2.61. The normalized spacial score (nSPS) is 20.8. The molecule has 0 aromatic rings. The van der Waals surface area contributed by atoms with Gasteiger partial charge >= 0.3 is 5.97 Å². The summed E-state index contributed by atoms with van der Waals surface area (Å²) >= 11 is 0. The summed E-state index contributed by atoms with van der Waals surface area (Å²) in [6, 6.07) is -5.25. The number of hydrogen-bond acceptors (Lipinski definition) is 8. The predicted molar refractivity (Wildman–Crippen MR) is 106 cm³/mol. The predicted octanol–water partition coefficient (Wildman–Crippen LogP) is -3.61. The van der Waals surface area contributed by atoms with Gasteiger partial charge in [0.1, 0.15) is 18.1 Å². The number of carboxylic acid groups (broad SMARTS) is 1. The third-order valence-corrected chi connectivity index (χ3v) is 4.97. The number of carboxylic acids is 1. The maximum Gasteiger partial charge on any atom is 0.326 e. The van der Waals surface area contributed by atoms with Crippen LogP contribution in [0, 0.1) is 0 Å². The molecule has 1 aliphatic rings. The lowest BCUT2D eigenvalue weighted by atomic mass is 10.1. The Balaban J connectivity index is 2.89. The first kappa shape index (κ1) is 26.3.